The molecule has 4 N–H and O–H groups in total. The minimum atomic E-state index is -0.756. The number of hydrogen-bond donors (Lipinski definition) is 3. The fourth-order valence-corrected chi connectivity index (χ4v) is 2.50. The predicted molar refractivity (Wildman–Crippen MR) is 86.6 cm³/mol. The summed E-state index contributed by atoms with van der Waals surface area (Å²) >= 11 is 0. The van der Waals surface area contributed by atoms with E-state index in [0.717, 1.165) is 31.6 Å². The van der Waals surface area contributed by atoms with Crippen molar-refractivity contribution in [1.29, 1.82) is 0 Å². The summed E-state index contributed by atoms with van der Waals surface area (Å²) in [5, 5.41) is 5.36. The number of hydrogen-bond acceptors (Lipinski definition) is 4. The van der Waals surface area contributed by atoms with E-state index in [2.05, 4.69) is 28.6 Å². The van der Waals surface area contributed by atoms with Crippen LogP contribution in [0.4, 0.5) is 5.69 Å². The zero-order valence-electron chi connectivity index (χ0n) is 13.2. The molecule has 0 fully saturated rings. The molecule has 2 amide bonds. The summed E-state index contributed by atoms with van der Waals surface area (Å²) in [5.41, 5.74) is 9.13. The first kappa shape index (κ1) is 16.5. The molecule has 6 nitrogen and oxygen atoms in total. The second kappa shape index (κ2) is 7.38. The van der Waals surface area contributed by atoms with Crippen LogP contribution < -0.4 is 16.4 Å². The van der Waals surface area contributed by atoms with E-state index in [4.69, 9.17) is 5.73 Å². The highest BCUT2D eigenvalue weighted by atomic mass is 16.2. The van der Waals surface area contributed by atoms with Gasteiger partial charge < -0.3 is 21.3 Å². The minimum Gasteiger partial charge on any atom is -0.354 e. The van der Waals surface area contributed by atoms with Crippen LogP contribution in [0.3, 0.4) is 0 Å². The van der Waals surface area contributed by atoms with Gasteiger partial charge in [-0.25, -0.2) is 0 Å². The van der Waals surface area contributed by atoms with Crippen molar-refractivity contribution in [3.63, 3.8) is 0 Å². The van der Waals surface area contributed by atoms with Gasteiger partial charge in [-0.2, -0.15) is 0 Å². The maximum absolute atomic E-state index is 12.0. The Kier molecular flexibility index (Phi) is 5.51. The molecule has 0 saturated heterocycles. The molecule has 1 heterocycles. The Morgan fingerprint density at radius 1 is 1.27 bits per heavy atom. The smallest absolute Gasteiger partial charge is 0.243 e. The van der Waals surface area contributed by atoms with Crippen molar-refractivity contribution >= 4 is 17.5 Å². The average molecular weight is 304 g/mol. The normalized spacial score (nSPS) is 16.3. The van der Waals surface area contributed by atoms with Gasteiger partial charge in [-0.3, -0.25) is 9.59 Å². The molecule has 1 aromatic rings. The van der Waals surface area contributed by atoms with Crippen LogP contribution in [0.5, 0.6) is 0 Å². The van der Waals surface area contributed by atoms with Gasteiger partial charge in [0, 0.05) is 32.2 Å². The van der Waals surface area contributed by atoms with Crippen LogP contribution in [0.2, 0.25) is 0 Å². The zero-order valence-corrected chi connectivity index (χ0v) is 13.2. The number of rotatable bonds is 4. The Hall–Kier alpha value is -1.92. The van der Waals surface area contributed by atoms with Gasteiger partial charge in [0.15, 0.2) is 0 Å². The lowest BCUT2D eigenvalue weighted by molar-refractivity contribution is -0.119. The topological polar surface area (TPSA) is 87.5 Å². The third-order valence-electron chi connectivity index (χ3n) is 3.91. The molecule has 6 heteroatoms. The van der Waals surface area contributed by atoms with Crippen LogP contribution in [0, 0.1) is 0 Å². The van der Waals surface area contributed by atoms with Gasteiger partial charge in [0.1, 0.15) is 6.04 Å². The lowest BCUT2D eigenvalue weighted by atomic mass is 10.0. The molecule has 1 unspecified atom stereocenters. The molecule has 0 saturated carbocycles. The van der Waals surface area contributed by atoms with Crippen molar-refractivity contribution < 1.29 is 9.59 Å². The van der Waals surface area contributed by atoms with E-state index in [-0.39, 0.29) is 18.4 Å². The number of nitrogens with two attached hydrogens (primary N) is 1. The number of amides is 2. The second-order valence-corrected chi connectivity index (χ2v) is 5.82. The molecule has 0 aromatic heterocycles. The number of carbonyl (C=O) groups excluding carboxylic acids is 2. The highest BCUT2D eigenvalue weighted by Crippen LogP contribution is 2.20. The van der Waals surface area contributed by atoms with Gasteiger partial charge in [-0.15, -0.1) is 0 Å². The molecule has 0 spiro atoms. The molecule has 0 radical (unpaired) electrons. The lowest BCUT2D eigenvalue weighted by Crippen LogP contribution is -2.44. The molecule has 22 heavy (non-hydrogen) atoms. The van der Waals surface area contributed by atoms with Gasteiger partial charge in [0.05, 0.1) is 0 Å². The first-order chi connectivity index (χ1) is 10.5. The van der Waals surface area contributed by atoms with E-state index in [1.165, 1.54) is 18.1 Å². The van der Waals surface area contributed by atoms with E-state index >= 15 is 0 Å². The van der Waals surface area contributed by atoms with Crippen LogP contribution in [-0.4, -0.2) is 49.4 Å². The highest BCUT2D eigenvalue weighted by Gasteiger charge is 2.16. The van der Waals surface area contributed by atoms with Crippen LogP contribution in [-0.2, 0) is 22.4 Å². The molecule has 0 bridgehead atoms. The molecule has 1 aromatic carbocycles. The monoisotopic (exact) mass is 304 g/mol. The molecular weight excluding hydrogens is 280 g/mol. The SMILES string of the molecule is CC(=O)NCC(N)C(=O)Nc1ccc2c(c1)CCN(C)CC2. The van der Waals surface area contributed by atoms with Gasteiger partial charge >= 0.3 is 0 Å². The molecule has 1 atom stereocenters. The first-order valence-corrected chi connectivity index (χ1v) is 7.57. The van der Waals surface area contributed by atoms with Crippen molar-refractivity contribution in [3.05, 3.63) is 29.3 Å². The first-order valence-electron chi connectivity index (χ1n) is 7.57. The number of benzene rings is 1. The van der Waals surface area contributed by atoms with Crippen LogP contribution >= 0.6 is 0 Å². The Bertz CT molecular complexity index is 559. The van der Waals surface area contributed by atoms with Crippen LogP contribution in [0.1, 0.15) is 18.1 Å². The predicted octanol–water partition coefficient (Wildman–Crippen LogP) is 0.119. The summed E-state index contributed by atoms with van der Waals surface area (Å²) in [6.07, 6.45) is 2.01. The van der Waals surface area contributed by atoms with Crippen molar-refractivity contribution in [2.24, 2.45) is 5.73 Å². The lowest BCUT2D eigenvalue weighted by Gasteiger charge is -2.14. The van der Waals surface area contributed by atoms with E-state index < -0.39 is 6.04 Å². The summed E-state index contributed by atoms with van der Waals surface area (Å²) in [4.78, 5) is 25.2. The van der Waals surface area contributed by atoms with Crippen molar-refractivity contribution in [3.8, 4) is 0 Å². The fourth-order valence-electron chi connectivity index (χ4n) is 2.50. The van der Waals surface area contributed by atoms with Crippen molar-refractivity contribution in [1.82, 2.24) is 10.2 Å². The number of fused-ring (bicyclic) bond motifs is 1. The zero-order chi connectivity index (χ0) is 16.1. The highest BCUT2D eigenvalue weighted by molar-refractivity contribution is 5.95. The quantitative estimate of drug-likeness (QED) is 0.737. The van der Waals surface area contributed by atoms with Crippen LogP contribution in [0.15, 0.2) is 18.2 Å². The van der Waals surface area contributed by atoms with E-state index in [1.54, 1.807) is 0 Å². The molecule has 1 aliphatic heterocycles. The van der Waals surface area contributed by atoms with Gasteiger partial charge in [0.25, 0.3) is 0 Å². The largest absolute Gasteiger partial charge is 0.354 e. The molecule has 0 aliphatic carbocycles. The van der Waals surface area contributed by atoms with Crippen molar-refractivity contribution in [2.45, 2.75) is 25.8 Å². The summed E-state index contributed by atoms with van der Waals surface area (Å²) < 4.78 is 0. The third-order valence-corrected chi connectivity index (χ3v) is 3.91. The van der Waals surface area contributed by atoms with Crippen LogP contribution in [0.25, 0.3) is 0 Å². The van der Waals surface area contributed by atoms with Gasteiger partial charge in [0.2, 0.25) is 11.8 Å². The molecule has 120 valence electrons. The maximum atomic E-state index is 12.0. The average Bonchev–Trinajstić information content (AvgIpc) is 2.66. The van der Waals surface area contributed by atoms with Crippen molar-refractivity contribution in [2.75, 3.05) is 32.0 Å². The van der Waals surface area contributed by atoms with Gasteiger partial charge in [-0.1, -0.05) is 6.07 Å². The minimum absolute atomic E-state index is 0.136. The second-order valence-electron chi connectivity index (χ2n) is 5.82. The molecule has 1 aliphatic rings. The number of anilines is 1. The standard InChI is InChI=1S/C16H24N4O2/c1-11(21)18-10-15(17)16(22)19-14-4-3-12-5-7-20(2)8-6-13(12)9-14/h3-4,9,15H,5-8,10,17H2,1-2H3,(H,18,21)(H,19,22). The molecular formula is C16H24N4O2. The van der Waals surface area contributed by atoms with E-state index in [0.29, 0.717) is 0 Å². The number of nitrogens with zero attached hydrogens (tertiary/aromatic N) is 1. The van der Waals surface area contributed by atoms with Gasteiger partial charge in [-0.05, 0) is 43.1 Å². The summed E-state index contributed by atoms with van der Waals surface area (Å²) in [6, 6.07) is 5.25. The Balaban J connectivity index is 1.99. The Morgan fingerprint density at radius 2 is 1.95 bits per heavy atom. The fraction of sp³-hybridized carbons (Fsp3) is 0.500. The Morgan fingerprint density at radius 3 is 2.64 bits per heavy atom. The Labute approximate surface area is 131 Å². The van der Waals surface area contributed by atoms with E-state index in [9.17, 15) is 9.59 Å². The third kappa shape index (κ3) is 4.54. The molecule has 2 rings (SSSR count). The van der Waals surface area contributed by atoms with E-state index in [1.807, 2.05) is 12.1 Å². The number of likely N-dealkylation sites (N-methyl/N-ethyl adjacent to an activating group) is 1. The summed E-state index contributed by atoms with van der Waals surface area (Å²) in [5.74, 6) is -0.489. The maximum Gasteiger partial charge on any atom is 0.243 e. The summed E-state index contributed by atoms with van der Waals surface area (Å²) in [6.45, 7) is 3.61. The number of nitrogens with one attached hydrogen (secondary N) is 2. The number of carbonyl (C=O) groups is 2. The summed E-state index contributed by atoms with van der Waals surface area (Å²) in [7, 11) is 2.12.